The molecule has 2 rings (SSSR count). The number of benzene rings is 2. The molecule has 4 nitrogen and oxygen atoms in total. The van der Waals surface area contributed by atoms with E-state index in [0.717, 1.165) is 0 Å². The zero-order chi connectivity index (χ0) is 19.8. The van der Waals surface area contributed by atoms with Crippen molar-refractivity contribution in [2.45, 2.75) is 6.42 Å². The van der Waals surface area contributed by atoms with Crippen LogP contribution in [0, 0.1) is 11.6 Å². The third kappa shape index (κ3) is 5.88. The molecule has 6 heteroatoms. The molecule has 0 unspecified atom stereocenters. The number of carbonyl (C=O) groups is 2. The number of ketones is 2. The van der Waals surface area contributed by atoms with Gasteiger partial charge < -0.3 is 9.47 Å². The average Bonchev–Trinajstić information content (AvgIpc) is 2.66. The lowest BCUT2D eigenvalue weighted by Gasteiger charge is -2.02. The lowest BCUT2D eigenvalue weighted by molar-refractivity contribution is -0.121. The summed E-state index contributed by atoms with van der Waals surface area (Å²) in [4.78, 5) is 23.8. The van der Waals surface area contributed by atoms with Crippen LogP contribution in [0.3, 0.4) is 0 Å². The number of rotatable bonds is 8. The Hall–Kier alpha value is -3.28. The molecular weight excluding hydrogens is 354 g/mol. The number of ether oxygens (including phenoxy) is 2. The number of hydrogen-bond acceptors (Lipinski definition) is 4. The Morgan fingerprint density at radius 3 is 1.59 bits per heavy atom. The maximum Gasteiger partial charge on any atom is 0.165 e. The first-order chi connectivity index (χ1) is 12.9. The van der Waals surface area contributed by atoms with Crippen molar-refractivity contribution in [3.63, 3.8) is 0 Å². The van der Waals surface area contributed by atoms with Gasteiger partial charge in [-0.3, -0.25) is 9.59 Å². The minimum atomic E-state index is -0.501. The molecule has 0 saturated carbocycles. The zero-order valence-corrected chi connectivity index (χ0v) is 14.9. The molecule has 0 aromatic heterocycles. The van der Waals surface area contributed by atoms with Crippen LogP contribution in [0.15, 0.2) is 48.6 Å². The van der Waals surface area contributed by atoms with E-state index in [2.05, 4.69) is 0 Å². The van der Waals surface area contributed by atoms with E-state index >= 15 is 0 Å². The number of allylic oxidation sites excluding steroid dienone is 2. The monoisotopic (exact) mass is 372 g/mol. The number of carbonyl (C=O) groups excluding carboxylic acids is 2. The minimum absolute atomic E-state index is 0.0679. The molecule has 0 bridgehead atoms. The first-order valence-corrected chi connectivity index (χ1v) is 8.02. The Morgan fingerprint density at radius 2 is 1.22 bits per heavy atom. The Bertz CT molecular complexity index is 828. The van der Waals surface area contributed by atoms with E-state index in [1.54, 1.807) is 0 Å². The topological polar surface area (TPSA) is 52.6 Å². The largest absolute Gasteiger partial charge is 0.494 e. The molecule has 0 amide bonds. The molecule has 0 N–H and O–H groups in total. The summed E-state index contributed by atoms with van der Waals surface area (Å²) in [6.45, 7) is 0. The summed E-state index contributed by atoms with van der Waals surface area (Å²) < 4.78 is 36.4. The molecule has 0 heterocycles. The fourth-order valence-electron chi connectivity index (χ4n) is 2.23. The van der Waals surface area contributed by atoms with Gasteiger partial charge >= 0.3 is 0 Å². The van der Waals surface area contributed by atoms with E-state index in [1.807, 2.05) is 0 Å². The van der Waals surface area contributed by atoms with E-state index in [9.17, 15) is 18.4 Å². The predicted molar refractivity (Wildman–Crippen MR) is 98.6 cm³/mol. The van der Waals surface area contributed by atoms with Gasteiger partial charge in [0.05, 0.1) is 20.6 Å². The first kappa shape index (κ1) is 20.0. The number of methoxy groups -OCH3 is 2. The quantitative estimate of drug-likeness (QED) is 0.514. The second-order valence-electron chi connectivity index (χ2n) is 5.56. The lowest BCUT2D eigenvalue weighted by atomic mass is 10.1. The van der Waals surface area contributed by atoms with Crippen LogP contribution in [-0.4, -0.2) is 25.8 Å². The van der Waals surface area contributed by atoms with E-state index in [-0.39, 0.29) is 17.9 Å². The van der Waals surface area contributed by atoms with Crippen LogP contribution in [0.1, 0.15) is 17.5 Å². The Balaban J connectivity index is 1.96. The van der Waals surface area contributed by atoms with E-state index < -0.39 is 23.2 Å². The molecule has 0 atom stereocenters. The maximum atomic E-state index is 13.3. The van der Waals surface area contributed by atoms with Gasteiger partial charge in [0.25, 0.3) is 0 Å². The summed E-state index contributed by atoms with van der Waals surface area (Å²) in [6.07, 6.45) is 5.14. The molecule has 0 radical (unpaired) electrons. The summed E-state index contributed by atoms with van der Waals surface area (Å²) >= 11 is 0. The van der Waals surface area contributed by atoms with Gasteiger partial charge in [0.15, 0.2) is 34.7 Å². The molecule has 2 aromatic rings. The smallest absolute Gasteiger partial charge is 0.165 e. The van der Waals surface area contributed by atoms with Crippen molar-refractivity contribution in [2.75, 3.05) is 14.2 Å². The Labute approximate surface area is 155 Å². The molecule has 140 valence electrons. The van der Waals surface area contributed by atoms with Crippen LogP contribution in [0.4, 0.5) is 8.78 Å². The van der Waals surface area contributed by atoms with Crippen molar-refractivity contribution < 1.29 is 27.8 Å². The number of halogens is 2. The zero-order valence-electron chi connectivity index (χ0n) is 14.9. The van der Waals surface area contributed by atoms with Gasteiger partial charge in [-0.25, -0.2) is 8.78 Å². The Morgan fingerprint density at radius 1 is 0.815 bits per heavy atom. The normalized spacial score (nSPS) is 11.1. The third-order valence-electron chi connectivity index (χ3n) is 3.62. The fourth-order valence-corrected chi connectivity index (χ4v) is 2.23. The Kier molecular flexibility index (Phi) is 7.00. The highest BCUT2D eigenvalue weighted by molar-refractivity contribution is 6.10. The van der Waals surface area contributed by atoms with Crippen molar-refractivity contribution in [1.82, 2.24) is 0 Å². The fraction of sp³-hybridized carbons (Fsp3) is 0.143. The highest BCUT2D eigenvalue weighted by Crippen LogP contribution is 2.20. The van der Waals surface area contributed by atoms with Crippen molar-refractivity contribution in [2.24, 2.45) is 0 Å². The van der Waals surface area contributed by atoms with E-state index in [0.29, 0.717) is 11.1 Å². The van der Waals surface area contributed by atoms with Gasteiger partial charge in [-0.15, -0.1) is 0 Å². The van der Waals surface area contributed by atoms with Crippen LogP contribution in [0.25, 0.3) is 12.2 Å². The van der Waals surface area contributed by atoms with Gasteiger partial charge in [-0.1, -0.05) is 24.3 Å². The van der Waals surface area contributed by atoms with Crippen LogP contribution >= 0.6 is 0 Å². The van der Waals surface area contributed by atoms with Crippen LogP contribution < -0.4 is 9.47 Å². The molecule has 0 saturated heterocycles. The highest BCUT2D eigenvalue weighted by atomic mass is 19.1. The third-order valence-corrected chi connectivity index (χ3v) is 3.62. The molecule has 27 heavy (non-hydrogen) atoms. The molecule has 0 aliphatic heterocycles. The molecule has 0 spiro atoms. The minimum Gasteiger partial charge on any atom is -0.494 e. The summed E-state index contributed by atoms with van der Waals surface area (Å²) in [5, 5.41) is 0. The summed E-state index contributed by atoms with van der Waals surface area (Å²) in [5.74, 6) is -1.66. The van der Waals surface area contributed by atoms with Gasteiger partial charge in [-0.05, 0) is 47.5 Å². The van der Waals surface area contributed by atoms with Gasteiger partial charge in [0, 0.05) is 0 Å². The number of hydrogen-bond donors (Lipinski definition) is 0. The van der Waals surface area contributed by atoms with Gasteiger partial charge in [0.1, 0.15) is 0 Å². The standard InChI is InChI=1S/C21H18F2O4/c1-26-20-11-14(5-9-18(20)22)3-7-16(24)13-17(25)8-4-15-6-10-19(23)21(12-15)27-2/h3-12H,13H2,1-2H3/b7-3+,8-4+. The first-order valence-electron chi connectivity index (χ1n) is 8.02. The summed E-state index contributed by atoms with van der Waals surface area (Å²) in [6, 6.07) is 8.34. The SMILES string of the molecule is COc1cc(/C=C/C(=O)CC(=O)/C=C/c2ccc(F)c(OC)c2)ccc1F. The second-order valence-corrected chi connectivity index (χ2v) is 5.56. The van der Waals surface area contributed by atoms with Gasteiger partial charge in [-0.2, -0.15) is 0 Å². The van der Waals surface area contributed by atoms with Crippen molar-refractivity contribution in [3.05, 3.63) is 71.3 Å². The van der Waals surface area contributed by atoms with Crippen LogP contribution in [0.2, 0.25) is 0 Å². The summed E-state index contributed by atoms with van der Waals surface area (Å²) in [7, 11) is 2.69. The van der Waals surface area contributed by atoms with Crippen LogP contribution in [0.5, 0.6) is 11.5 Å². The molecule has 0 aliphatic carbocycles. The van der Waals surface area contributed by atoms with E-state index in [1.165, 1.54) is 74.9 Å². The molecule has 0 fully saturated rings. The predicted octanol–water partition coefficient (Wildman–Crippen LogP) is 4.24. The average molecular weight is 372 g/mol. The van der Waals surface area contributed by atoms with E-state index in [4.69, 9.17) is 9.47 Å². The van der Waals surface area contributed by atoms with Crippen molar-refractivity contribution >= 4 is 23.7 Å². The van der Waals surface area contributed by atoms with Crippen molar-refractivity contribution in [1.29, 1.82) is 0 Å². The molecule has 0 aliphatic rings. The van der Waals surface area contributed by atoms with Crippen molar-refractivity contribution in [3.8, 4) is 11.5 Å². The molecular formula is C21H18F2O4. The second kappa shape index (κ2) is 9.43. The highest BCUT2D eigenvalue weighted by Gasteiger charge is 2.06. The molecule has 2 aromatic carbocycles. The van der Waals surface area contributed by atoms with Gasteiger partial charge in [0.2, 0.25) is 0 Å². The van der Waals surface area contributed by atoms with Crippen LogP contribution in [-0.2, 0) is 9.59 Å². The lowest BCUT2D eigenvalue weighted by Crippen LogP contribution is -2.02. The maximum absolute atomic E-state index is 13.3. The summed E-state index contributed by atoms with van der Waals surface area (Å²) in [5.41, 5.74) is 1.14.